The summed E-state index contributed by atoms with van der Waals surface area (Å²) in [6.07, 6.45) is 3.76. The van der Waals surface area contributed by atoms with E-state index in [-0.39, 0.29) is 0 Å². The molecule has 1 aliphatic carbocycles. The Hall–Kier alpha value is -0.490. The van der Waals surface area contributed by atoms with Crippen molar-refractivity contribution in [3.05, 3.63) is 15.6 Å². The van der Waals surface area contributed by atoms with E-state index in [1.807, 2.05) is 18.4 Å². The van der Waals surface area contributed by atoms with Crippen molar-refractivity contribution in [1.82, 2.24) is 15.2 Å². The second-order valence-electron chi connectivity index (χ2n) is 5.42. The molecule has 0 atom stereocenters. The summed E-state index contributed by atoms with van der Waals surface area (Å²) in [6, 6.07) is 0. The van der Waals surface area contributed by atoms with E-state index in [1.165, 1.54) is 28.4 Å². The lowest BCUT2D eigenvalue weighted by atomic mass is 10.2. The molecule has 19 heavy (non-hydrogen) atoms. The summed E-state index contributed by atoms with van der Waals surface area (Å²) in [5.74, 6) is 0.761. The third-order valence-electron chi connectivity index (χ3n) is 3.82. The lowest BCUT2D eigenvalue weighted by molar-refractivity contribution is 0.0384. The number of rotatable bonds is 6. The van der Waals surface area contributed by atoms with Crippen molar-refractivity contribution in [2.24, 2.45) is 0 Å². The van der Waals surface area contributed by atoms with E-state index in [0.29, 0.717) is 0 Å². The van der Waals surface area contributed by atoms with Crippen LogP contribution in [0, 0.1) is 0 Å². The van der Waals surface area contributed by atoms with Crippen molar-refractivity contribution >= 4 is 11.3 Å². The minimum absolute atomic E-state index is 0.761. The van der Waals surface area contributed by atoms with Gasteiger partial charge < -0.3 is 10.1 Å². The van der Waals surface area contributed by atoms with Crippen LogP contribution < -0.4 is 5.32 Å². The van der Waals surface area contributed by atoms with E-state index in [0.717, 1.165) is 51.7 Å². The monoisotopic (exact) mass is 281 g/mol. The van der Waals surface area contributed by atoms with Crippen LogP contribution in [-0.4, -0.2) is 49.8 Å². The van der Waals surface area contributed by atoms with Crippen molar-refractivity contribution in [3.63, 3.8) is 0 Å². The molecule has 1 aromatic heterocycles. The first-order chi connectivity index (χ1) is 9.36. The van der Waals surface area contributed by atoms with Crippen LogP contribution in [0.3, 0.4) is 0 Å². The van der Waals surface area contributed by atoms with Gasteiger partial charge in [-0.05, 0) is 19.9 Å². The second kappa shape index (κ2) is 6.31. The zero-order valence-electron chi connectivity index (χ0n) is 11.7. The largest absolute Gasteiger partial charge is 0.379 e. The van der Waals surface area contributed by atoms with E-state index in [1.54, 1.807) is 0 Å². The topological polar surface area (TPSA) is 37.4 Å². The Morgan fingerprint density at radius 2 is 2.16 bits per heavy atom. The smallest absolute Gasteiger partial charge is 0.0944 e. The number of hydrogen-bond donors (Lipinski definition) is 1. The highest BCUT2D eigenvalue weighted by Crippen LogP contribution is 2.42. The Bertz CT molecular complexity index is 411. The van der Waals surface area contributed by atoms with Gasteiger partial charge in [-0.25, -0.2) is 4.98 Å². The van der Waals surface area contributed by atoms with Crippen LogP contribution in [0.1, 0.15) is 34.3 Å². The molecule has 1 N–H and O–H groups in total. The molecule has 0 radical (unpaired) electrons. The highest BCUT2D eigenvalue weighted by atomic mass is 32.1. The van der Waals surface area contributed by atoms with Crippen molar-refractivity contribution in [2.45, 2.75) is 31.7 Å². The Kier molecular flexibility index (Phi) is 4.48. The molecule has 3 rings (SSSR count). The predicted octanol–water partition coefficient (Wildman–Crippen LogP) is 1.61. The van der Waals surface area contributed by atoms with Crippen molar-refractivity contribution in [1.29, 1.82) is 0 Å². The third kappa shape index (κ3) is 3.54. The zero-order chi connectivity index (χ0) is 13.1. The molecular weight excluding hydrogens is 258 g/mol. The number of hydrogen-bond acceptors (Lipinski definition) is 5. The van der Waals surface area contributed by atoms with Crippen LogP contribution in [0.4, 0.5) is 0 Å². The van der Waals surface area contributed by atoms with Gasteiger partial charge in [0.2, 0.25) is 0 Å². The summed E-state index contributed by atoms with van der Waals surface area (Å²) in [5, 5.41) is 4.59. The fourth-order valence-electron chi connectivity index (χ4n) is 2.56. The number of aromatic nitrogens is 1. The van der Waals surface area contributed by atoms with Gasteiger partial charge in [-0.3, -0.25) is 4.90 Å². The van der Waals surface area contributed by atoms with Crippen LogP contribution in [0.2, 0.25) is 0 Å². The fraction of sp³-hybridized carbons (Fsp3) is 0.786. The quantitative estimate of drug-likeness (QED) is 0.860. The molecule has 0 spiro atoms. The van der Waals surface area contributed by atoms with Gasteiger partial charge in [0.05, 0.1) is 23.9 Å². The summed E-state index contributed by atoms with van der Waals surface area (Å²) in [6.45, 7) is 6.02. The minimum atomic E-state index is 0.761. The summed E-state index contributed by atoms with van der Waals surface area (Å²) in [5.41, 5.74) is 1.39. The summed E-state index contributed by atoms with van der Waals surface area (Å²) in [4.78, 5) is 8.84. The van der Waals surface area contributed by atoms with Crippen molar-refractivity contribution in [3.8, 4) is 0 Å². The highest BCUT2D eigenvalue weighted by Gasteiger charge is 2.29. The van der Waals surface area contributed by atoms with E-state index in [2.05, 4.69) is 10.2 Å². The molecule has 0 bridgehead atoms. The first-order valence-electron chi connectivity index (χ1n) is 7.30. The highest BCUT2D eigenvalue weighted by molar-refractivity contribution is 7.11. The molecule has 1 saturated carbocycles. The summed E-state index contributed by atoms with van der Waals surface area (Å²) < 4.78 is 5.38. The molecule has 0 unspecified atom stereocenters. The van der Waals surface area contributed by atoms with Gasteiger partial charge in [0.1, 0.15) is 0 Å². The average molecular weight is 281 g/mol. The van der Waals surface area contributed by atoms with E-state index >= 15 is 0 Å². The lowest BCUT2D eigenvalue weighted by Crippen LogP contribution is -2.37. The standard InChI is InChI=1S/C14H23N3OS/c1-15-10-12-14(11-2-3-11)16-13(19-12)4-5-17-6-8-18-9-7-17/h11,15H,2-10H2,1H3. The molecule has 4 nitrogen and oxygen atoms in total. The number of thiazole rings is 1. The molecule has 2 fully saturated rings. The normalized spacial score (nSPS) is 20.9. The van der Waals surface area contributed by atoms with Gasteiger partial charge in [0, 0.05) is 43.4 Å². The lowest BCUT2D eigenvalue weighted by Gasteiger charge is -2.25. The maximum Gasteiger partial charge on any atom is 0.0944 e. The zero-order valence-corrected chi connectivity index (χ0v) is 12.5. The number of ether oxygens (including phenoxy) is 1. The molecule has 1 saturated heterocycles. The maximum atomic E-state index is 5.38. The Labute approximate surface area is 119 Å². The number of nitrogens with one attached hydrogen (secondary N) is 1. The third-order valence-corrected chi connectivity index (χ3v) is 4.95. The average Bonchev–Trinajstić information content (AvgIpc) is 3.21. The van der Waals surface area contributed by atoms with Crippen molar-refractivity contribution < 1.29 is 4.74 Å². The predicted molar refractivity (Wildman–Crippen MR) is 77.8 cm³/mol. The van der Waals surface area contributed by atoms with Crippen LogP contribution in [0.25, 0.3) is 0 Å². The molecule has 0 aromatic carbocycles. The van der Waals surface area contributed by atoms with Gasteiger partial charge in [-0.15, -0.1) is 11.3 Å². The van der Waals surface area contributed by atoms with Crippen LogP contribution in [0.15, 0.2) is 0 Å². The molecule has 5 heteroatoms. The van der Waals surface area contributed by atoms with Crippen molar-refractivity contribution in [2.75, 3.05) is 39.9 Å². The van der Waals surface area contributed by atoms with Crippen LogP contribution in [0.5, 0.6) is 0 Å². The molecule has 1 aromatic rings. The molecule has 106 valence electrons. The van der Waals surface area contributed by atoms with Crippen LogP contribution >= 0.6 is 11.3 Å². The number of nitrogens with zero attached hydrogens (tertiary/aromatic N) is 2. The van der Waals surface area contributed by atoms with Crippen LogP contribution in [-0.2, 0) is 17.7 Å². The van der Waals surface area contributed by atoms with Gasteiger partial charge in [-0.2, -0.15) is 0 Å². The van der Waals surface area contributed by atoms with E-state index in [4.69, 9.17) is 9.72 Å². The maximum absolute atomic E-state index is 5.38. The number of morpholine rings is 1. The molecule has 0 amide bonds. The van der Waals surface area contributed by atoms with Gasteiger partial charge in [-0.1, -0.05) is 0 Å². The van der Waals surface area contributed by atoms with Gasteiger partial charge >= 0.3 is 0 Å². The Balaban J connectivity index is 1.58. The molecular formula is C14H23N3OS. The Morgan fingerprint density at radius 1 is 1.37 bits per heavy atom. The fourth-order valence-corrected chi connectivity index (χ4v) is 3.72. The SMILES string of the molecule is CNCc1sc(CCN2CCOCC2)nc1C1CC1. The first-order valence-corrected chi connectivity index (χ1v) is 8.11. The second-order valence-corrected chi connectivity index (χ2v) is 6.59. The Morgan fingerprint density at radius 3 is 2.84 bits per heavy atom. The van der Waals surface area contributed by atoms with Gasteiger partial charge in [0.25, 0.3) is 0 Å². The van der Waals surface area contributed by atoms with E-state index < -0.39 is 0 Å². The molecule has 2 heterocycles. The molecule has 1 aliphatic heterocycles. The summed E-state index contributed by atoms with van der Waals surface area (Å²) in [7, 11) is 2.02. The minimum Gasteiger partial charge on any atom is -0.379 e. The first kappa shape index (κ1) is 13.5. The molecule has 2 aliphatic rings. The van der Waals surface area contributed by atoms with Gasteiger partial charge in [0.15, 0.2) is 0 Å². The van der Waals surface area contributed by atoms with E-state index in [9.17, 15) is 0 Å². The summed E-state index contributed by atoms with van der Waals surface area (Å²) >= 11 is 1.91.